The number of carbonyl (C=O) groups is 2. The van der Waals surface area contributed by atoms with Crippen molar-refractivity contribution in [3.05, 3.63) is 44.9 Å². The molecule has 176 valence electrons. The summed E-state index contributed by atoms with van der Waals surface area (Å²) in [6, 6.07) is 5.50. The van der Waals surface area contributed by atoms with Gasteiger partial charge in [-0.25, -0.2) is 0 Å². The molecule has 3 N–H and O–H groups in total. The van der Waals surface area contributed by atoms with Gasteiger partial charge >= 0.3 is 0 Å². The molecule has 0 bridgehead atoms. The second kappa shape index (κ2) is 9.26. The zero-order valence-corrected chi connectivity index (χ0v) is 20.6. The number of nitrogens with zero attached hydrogens (tertiary/aromatic N) is 1. The number of anilines is 1. The maximum atomic E-state index is 13.1. The van der Waals surface area contributed by atoms with Gasteiger partial charge in [0.2, 0.25) is 5.91 Å². The maximum Gasteiger partial charge on any atom is 0.262 e. The molecule has 3 saturated carbocycles. The Morgan fingerprint density at radius 1 is 1.24 bits per heavy atom. The van der Waals surface area contributed by atoms with Crippen LogP contribution < -0.4 is 16.0 Å². The highest BCUT2D eigenvalue weighted by molar-refractivity contribution is 7.14. The van der Waals surface area contributed by atoms with Crippen LogP contribution in [-0.2, 0) is 4.79 Å². The van der Waals surface area contributed by atoms with Gasteiger partial charge in [0.25, 0.3) is 5.91 Å². The molecule has 6 nitrogen and oxygen atoms in total. The number of aromatic nitrogens is 1. The van der Waals surface area contributed by atoms with Crippen LogP contribution in [0.5, 0.6) is 0 Å². The Morgan fingerprint density at radius 3 is 2.76 bits per heavy atom. The number of fused-ring (bicyclic) bond motifs is 1. The minimum Gasteiger partial charge on any atom is -0.376 e. The normalized spacial score (nSPS) is 25.1. The fourth-order valence-electron chi connectivity index (χ4n) is 5.07. The van der Waals surface area contributed by atoms with Crippen LogP contribution in [0, 0.1) is 24.7 Å². The fourth-order valence-corrected chi connectivity index (χ4v) is 6.15. The number of rotatable bonds is 9. The van der Waals surface area contributed by atoms with E-state index in [1.807, 2.05) is 32.0 Å². The number of thiophene rings is 1. The van der Waals surface area contributed by atoms with Crippen molar-refractivity contribution in [2.75, 3.05) is 5.32 Å². The molecule has 2 aromatic heterocycles. The molecule has 2 heterocycles. The van der Waals surface area contributed by atoms with E-state index in [0.29, 0.717) is 21.9 Å². The molecular formula is C25H31ClN4O2S. The van der Waals surface area contributed by atoms with E-state index in [1.54, 1.807) is 6.20 Å². The number of nitrogens with one attached hydrogen (secondary N) is 3. The lowest BCUT2D eigenvalue weighted by atomic mass is 9.94. The average Bonchev–Trinajstić information content (AvgIpc) is 3.67. The van der Waals surface area contributed by atoms with E-state index in [-0.39, 0.29) is 17.9 Å². The Kier molecular flexibility index (Phi) is 6.36. The van der Waals surface area contributed by atoms with E-state index in [2.05, 4.69) is 20.9 Å². The second-order valence-corrected chi connectivity index (χ2v) is 11.4. The fraction of sp³-hybridized carbons (Fsp3) is 0.560. The van der Waals surface area contributed by atoms with Crippen LogP contribution >= 0.6 is 22.9 Å². The van der Waals surface area contributed by atoms with E-state index in [1.165, 1.54) is 30.6 Å². The van der Waals surface area contributed by atoms with Gasteiger partial charge in [0.15, 0.2) is 0 Å². The summed E-state index contributed by atoms with van der Waals surface area (Å²) in [6.07, 6.45) is 8.23. The highest BCUT2D eigenvalue weighted by Crippen LogP contribution is 2.56. The lowest BCUT2D eigenvalue weighted by Crippen LogP contribution is -2.48. The zero-order chi connectivity index (χ0) is 23.1. The van der Waals surface area contributed by atoms with Crippen molar-refractivity contribution < 1.29 is 9.59 Å². The largest absolute Gasteiger partial charge is 0.376 e. The van der Waals surface area contributed by atoms with Crippen molar-refractivity contribution in [3.63, 3.8) is 0 Å². The monoisotopic (exact) mass is 486 g/mol. The summed E-state index contributed by atoms with van der Waals surface area (Å²) in [7, 11) is 0. The lowest BCUT2D eigenvalue weighted by molar-refractivity contribution is -0.123. The van der Waals surface area contributed by atoms with Crippen molar-refractivity contribution in [1.82, 2.24) is 15.6 Å². The van der Waals surface area contributed by atoms with Crippen LogP contribution in [0.3, 0.4) is 0 Å². The molecule has 0 saturated heterocycles. The van der Waals surface area contributed by atoms with E-state index in [0.717, 1.165) is 47.4 Å². The Balaban J connectivity index is 1.23. The highest BCUT2D eigenvalue weighted by atomic mass is 35.5. The van der Waals surface area contributed by atoms with E-state index in [9.17, 15) is 9.59 Å². The minimum atomic E-state index is -0.455. The smallest absolute Gasteiger partial charge is 0.262 e. The van der Waals surface area contributed by atoms with Gasteiger partial charge in [-0.05, 0) is 88.3 Å². The standard InChI is InChI=1S/C25H31ClN4O2S/c1-13-20(11-17(26)12-27-13)28-14(2)22-7-8-23(33-22)25(32)30-21(24(31)29-18-5-6-18)10-16-4-3-15-9-19(15)16/h7-8,11-12,14-16,18-19,21,28H,3-6,9-10H2,1-2H3,(H,29,31)(H,30,32)/t14-,15?,16?,19?,21-/m0/s1. The summed E-state index contributed by atoms with van der Waals surface area (Å²) in [4.78, 5) is 31.9. The van der Waals surface area contributed by atoms with Crippen LogP contribution in [0.15, 0.2) is 24.4 Å². The van der Waals surface area contributed by atoms with Gasteiger partial charge in [-0.2, -0.15) is 0 Å². The lowest BCUT2D eigenvalue weighted by Gasteiger charge is -2.22. The topological polar surface area (TPSA) is 83.1 Å². The van der Waals surface area contributed by atoms with Gasteiger partial charge in [-0.3, -0.25) is 14.6 Å². The minimum absolute atomic E-state index is 0.00484. The second-order valence-electron chi connectivity index (χ2n) is 9.90. The quantitative estimate of drug-likeness (QED) is 0.461. The molecule has 0 aromatic carbocycles. The molecule has 3 fully saturated rings. The third kappa shape index (κ3) is 5.35. The number of hydrogen-bond acceptors (Lipinski definition) is 5. The van der Waals surface area contributed by atoms with Gasteiger partial charge in [0.05, 0.1) is 27.3 Å². The first-order valence-electron chi connectivity index (χ1n) is 12.0. The first-order valence-corrected chi connectivity index (χ1v) is 13.2. The molecule has 0 spiro atoms. The first-order chi connectivity index (χ1) is 15.9. The van der Waals surface area contributed by atoms with Gasteiger partial charge < -0.3 is 16.0 Å². The Labute approximate surface area is 203 Å². The third-order valence-corrected chi connectivity index (χ3v) is 8.75. The van der Waals surface area contributed by atoms with Gasteiger partial charge in [0, 0.05) is 17.1 Å². The van der Waals surface area contributed by atoms with E-state index >= 15 is 0 Å². The number of halogens is 1. The van der Waals surface area contributed by atoms with Crippen molar-refractivity contribution >= 4 is 40.4 Å². The number of aryl methyl sites for hydroxylation is 1. The molecule has 8 heteroatoms. The van der Waals surface area contributed by atoms with E-state index in [4.69, 9.17) is 11.6 Å². The molecule has 0 aliphatic heterocycles. The molecular weight excluding hydrogens is 456 g/mol. The van der Waals surface area contributed by atoms with Gasteiger partial charge in [-0.15, -0.1) is 11.3 Å². The number of carbonyl (C=O) groups excluding carboxylic acids is 2. The maximum absolute atomic E-state index is 13.1. The molecule has 0 radical (unpaired) electrons. The van der Waals surface area contributed by atoms with Crippen LogP contribution in [0.2, 0.25) is 5.02 Å². The first kappa shape index (κ1) is 22.7. The number of pyridine rings is 1. The molecule has 2 amide bonds. The van der Waals surface area contributed by atoms with Crippen LogP contribution in [0.1, 0.15) is 71.7 Å². The molecule has 3 unspecified atom stereocenters. The molecule has 33 heavy (non-hydrogen) atoms. The predicted octanol–water partition coefficient (Wildman–Crippen LogP) is 5.09. The third-order valence-electron chi connectivity index (χ3n) is 7.28. The van der Waals surface area contributed by atoms with Gasteiger partial charge in [-0.1, -0.05) is 11.6 Å². The van der Waals surface area contributed by atoms with Crippen LogP contribution in [-0.4, -0.2) is 28.9 Å². The summed E-state index contributed by atoms with van der Waals surface area (Å²) in [5, 5.41) is 10.2. The molecule has 2 aromatic rings. The summed E-state index contributed by atoms with van der Waals surface area (Å²) < 4.78 is 0. The van der Waals surface area contributed by atoms with Crippen molar-refractivity contribution in [3.8, 4) is 0 Å². The SMILES string of the molecule is Cc1ncc(Cl)cc1N[C@@H](C)c1ccc(C(=O)N[C@@H](CC2CCC3CC32)C(=O)NC2CC2)s1. The van der Waals surface area contributed by atoms with Crippen molar-refractivity contribution in [2.45, 2.75) is 70.5 Å². The van der Waals surface area contributed by atoms with Crippen LogP contribution in [0.4, 0.5) is 5.69 Å². The zero-order valence-electron chi connectivity index (χ0n) is 19.1. The number of amides is 2. The van der Waals surface area contributed by atoms with Gasteiger partial charge in [0.1, 0.15) is 6.04 Å². The Hall–Kier alpha value is -2.12. The summed E-state index contributed by atoms with van der Waals surface area (Å²) in [5.41, 5.74) is 1.75. The van der Waals surface area contributed by atoms with Crippen molar-refractivity contribution in [1.29, 1.82) is 0 Å². The highest BCUT2D eigenvalue weighted by Gasteiger charge is 2.48. The Morgan fingerprint density at radius 2 is 2.06 bits per heavy atom. The molecule has 3 aliphatic carbocycles. The summed E-state index contributed by atoms with van der Waals surface area (Å²) >= 11 is 7.54. The molecule has 3 aliphatic rings. The van der Waals surface area contributed by atoms with Crippen LogP contribution in [0.25, 0.3) is 0 Å². The average molecular weight is 487 g/mol. The summed E-state index contributed by atoms with van der Waals surface area (Å²) in [6.45, 7) is 3.98. The predicted molar refractivity (Wildman–Crippen MR) is 132 cm³/mol. The Bertz CT molecular complexity index is 1050. The summed E-state index contributed by atoms with van der Waals surface area (Å²) in [5.74, 6) is 2.00. The molecule has 5 atom stereocenters. The van der Waals surface area contributed by atoms with E-state index < -0.39 is 6.04 Å². The van der Waals surface area contributed by atoms with Crippen molar-refractivity contribution in [2.24, 2.45) is 17.8 Å². The molecule has 5 rings (SSSR count). The number of hydrogen-bond donors (Lipinski definition) is 3.